The molecule has 1 aliphatic heterocycles. The molecule has 1 fully saturated rings. The normalized spacial score (nSPS) is 15.6. The number of carbonyl (C=O) groups is 2. The van der Waals surface area contributed by atoms with Gasteiger partial charge in [0, 0.05) is 57.9 Å². The molecule has 11 nitrogen and oxygen atoms in total. The number of nitrogens with zero attached hydrogens (tertiary/aromatic N) is 5. The van der Waals surface area contributed by atoms with E-state index in [-0.39, 0.29) is 35.4 Å². The lowest BCUT2D eigenvalue weighted by Gasteiger charge is -2.33. The molecular weight excluding hydrogens is 491 g/mol. The van der Waals surface area contributed by atoms with E-state index < -0.39 is 39.3 Å². The largest absolute Gasteiger partial charge is 0.504 e. The van der Waals surface area contributed by atoms with Gasteiger partial charge in [0.05, 0.1) is 0 Å². The third kappa shape index (κ3) is 4.54. The molecule has 4 rings (SSSR count). The van der Waals surface area contributed by atoms with Gasteiger partial charge in [-0.25, -0.2) is 13.7 Å². The Labute approximate surface area is 207 Å². The molecule has 3 heterocycles. The smallest absolute Gasteiger partial charge is 0.305 e. The molecule has 1 aromatic carbocycles. The Kier molecular flexibility index (Phi) is 6.78. The van der Waals surface area contributed by atoms with E-state index in [0.29, 0.717) is 18.5 Å². The first-order chi connectivity index (χ1) is 17.0. The van der Waals surface area contributed by atoms with Crippen molar-refractivity contribution in [1.29, 1.82) is 0 Å². The van der Waals surface area contributed by atoms with Crippen LogP contribution in [0.4, 0.5) is 10.2 Å². The molecule has 1 saturated heterocycles. The number of fused-ring (bicyclic) bond motifs is 1. The van der Waals surface area contributed by atoms with E-state index in [1.165, 1.54) is 48.7 Å². The molecule has 0 radical (unpaired) electrons. The molecule has 1 aliphatic rings. The van der Waals surface area contributed by atoms with Crippen molar-refractivity contribution in [3.8, 4) is 5.75 Å². The van der Waals surface area contributed by atoms with Crippen LogP contribution in [0.3, 0.4) is 0 Å². The zero-order valence-electron chi connectivity index (χ0n) is 19.9. The van der Waals surface area contributed by atoms with Gasteiger partial charge in [0.1, 0.15) is 11.3 Å². The summed E-state index contributed by atoms with van der Waals surface area (Å²) in [7, 11) is 0.592. The van der Waals surface area contributed by atoms with Crippen LogP contribution in [0.2, 0.25) is 0 Å². The van der Waals surface area contributed by atoms with Crippen LogP contribution in [-0.4, -0.2) is 78.7 Å². The summed E-state index contributed by atoms with van der Waals surface area (Å²) in [5.74, 6) is -2.42. The fraction of sp³-hybridized carbons (Fsp3) is 0.304. The van der Waals surface area contributed by atoms with Crippen LogP contribution in [0.15, 0.2) is 36.5 Å². The maximum absolute atomic E-state index is 13.8. The highest BCUT2D eigenvalue weighted by Gasteiger charge is 2.34. The summed E-state index contributed by atoms with van der Waals surface area (Å²) in [6, 6.07) is 6.76. The highest BCUT2D eigenvalue weighted by molar-refractivity contribution is 7.90. The fourth-order valence-electron chi connectivity index (χ4n) is 3.91. The van der Waals surface area contributed by atoms with Crippen molar-refractivity contribution in [2.45, 2.75) is 13.0 Å². The van der Waals surface area contributed by atoms with Gasteiger partial charge in [-0.2, -0.15) is 12.7 Å². The van der Waals surface area contributed by atoms with Crippen LogP contribution >= 0.6 is 0 Å². The lowest BCUT2D eigenvalue weighted by Crippen LogP contribution is -2.48. The minimum atomic E-state index is -3.90. The number of hydrogen-bond acceptors (Lipinski definition) is 7. The zero-order valence-corrected chi connectivity index (χ0v) is 20.7. The number of rotatable bonds is 5. The number of carbonyl (C=O) groups excluding carboxylic acids is 2. The summed E-state index contributed by atoms with van der Waals surface area (Å²) in [5.41, 5.74) is 0.00617. The third-order valence-corrected chi connectivity index (χ3v) is 7.70. The standard InChI is InChI=1S/C23H25FN6O5S/c1-28(2)23(33)17-12-15(24)8-7-14(17)13-26-22(32)19-20(31)18-16(6-4-9-25-18)21(27-19)30-11-5-10-29(3)36(30,34)35/h4,6-9,12,31H,5,10-11,13H2,1-3H3,(H,26,32). The van der Waals surface area contributed by atoms with Crippen molar-refractivity contribution in [3.05, 3.63) is 59.2 Å². The lowest BCUT2D eigenvalue weighted by molar-refractivity contribution is 0.0823. The summed E-state index contributed by atoms with van der Waals surface area (Å²) in [4.78, 5) is 35.2. The average molecular weight is 517 g/mol. The zero-order chi connectivity index (χ0) is 26.2. The second-order valence-corrected chi connectivity index (χ2v) is 10.4. The van der Waals surface area contributed by atoms with Crippen LogP contribution in [0.5, 0.6) is 5.75 Å². The van der Waals surface area contributed by atoms with Crippen LogP contribution < -0.4 is 9.62 Å². The molecule has 2 N–H and O–H groups in total. The first kappa shape index (κ1) is 25.3. The summed E-state index contributed by atoms with van der Waals surface area (Å²) in [5, 5.41) is 13.6. The Hall–Kier alpha value is -3.84. The quantitative estimate of drug-likeness (QED) is 0.524. The van der Waals surface area contributed by atoms with Gasteiger partial charge in [-0.3, -0.25) is 14.6 Å². The van der Waals surface area contributed by atoms with Crippen molar-refractivity contribution in [3.63, 3.8) is 0 Å². The van der Waals surface area contributed by atoms with Gasteiger partial charge in [-0.05, 0) is 36.2 Å². The second-order valence-electron chi connectivity index (χ2n) is 8.47. The summed E-state index contributed by atoms with van der Waals surface area (Å²) in [6.45, 7) is 0.308. The van der Waals surface area contributed by atoms with Crippen LogP contribution in [-0.2, 0) is 16.8 Å². The molecule has 2 aromatic heterocycles. The number of amides is 2. The van der Waals surface area contributed by atoms with Crippen LogP contribution in [0, 0.1) is 5.82 Å². The van der Waals surface area contributed by atoms with E-state index in [1.54, 1.807) is 12.1 Å². The van der Waals surface area contributed by atoms with Crippen molar-refractivity contribution in [1.82, 2.24) is 24.5 Å². The molecule has 13 heteroatoms. The molecule has 0 spiro atoms. The second kappa shape index (κ2) is 9.66. The van der Waals surface area contributed by atoms with Gasteiger partial charge in [0.2, 0.25) is 0 Å². The number of aromatic nitrogens is 2. The maximum atomic E-state index is 13.8. The number of pyridine rings is 2. The molecule has 190 valence electrons. The predicted octanol–water partition coefficient (Wildman–Crippen LogP) is 1.49. The molecule has 3 aromatic rings. The molecule has 36 heavy (non-hydrogen) atoms. The Morgan fingerprint density at radius 1 is 1.22 bits per heavy atom. The minimum Gasteiger partial charge on any atom is -0.504 e. The van der Waals surface area contributed by atoms with Gasteiger partial charge in [0.25, 0.3) is 11.8 Å². The van der Waals surface area contributed by atoms with Crippen molar-refractivity contribution in [2.24, 2.45) is 0 Å². The number of aromatic hydroxyl groups is 1. The summed E-state index contributed by atoms with van der Waals surface area (Å²) >= 11 is 0. The first-order valence-electron chi connectivity index (χ1n) is 11.0. The molecule has 0 unspecified atom stereocenters. The highest BCUT2D eigenvalue weighted by Crippen LogP contribution is 2.35. The van der Waals surface area contributed by atoms with E-state index in [1.807, 2.05) is 0 Å². The Bertz CT molecular complexity index is 1460. The van der Waals surface area contributed by atoms with Gasteiger partial charge in [-0.15, -0.1) is 0 Å². The van der Waals surface area contributed by atoms with Gasteiger partial charge < -0.3 is 15.3 Å². The van der Waals surface area contributed by atoms with E-state index in [9.17, 15) is 27.5 Å². The lowest BCUT2D eigenvalue weighted by atomic mass is 10.1. The Morgan fingerprint density at radius 3 is 2.69 bits per heavy atom. The van der Waals surface area contributed by atoms with E-state index in [4.69, 9.17) is 0 Å². The molecular formula is C23H25FN6O5S. The van der Waals surface area contributed by atoms with Crippen molar-refractivity contribution >= 4 is 38.7 Å². The van der Waals surface area contributed by atoms with E-state index in [2.05, 4.69) is 15.3 Å². The number of anilines is 1. The predicted molar refractivity (Wildman–Crippen MR) is 130 cm³/mol. The third-order valence-electron chi connectivity index (χ3n) is 5.82. The topological polar surface area (TPSA) is 136 Å². The van der Waals surface area contributed by atoms with E-state index >= 15 is 0 Å². The Morgan fingerprint density at radius 2 is 1.97 bits per heavy atom. The maximum Gasteiger partial charge on any atom is 0.305 e. The van der Waals surface area contributed by atoms with Crippen LogP contribution in [0.25, 0.3) is 10.9 Å². The van der Waals surface area contributed by atoms with Crippen molar-refractivity contribution in [2.75, 3.05) is 38.5 Å². The van der Waals surface area contributed by atoms with Crippen LogP contribution in [0.1, 0.15) is 32.8 Å². The van der Waals surface area contributed by atoms with Gasteiger partial charge in [-0.1, -0.05) is 6.07 Å². The minimum absolute atomic E-state index is 0.0151. The van der Waals surface area contributed by atoms with E-state index in [0.717, 1.165) is 10.4 Å². The average Bonchev–Trinajstić information content (AvgIpc) is 2.85. The Balaban J connectivity index is 1.73. The molecule has 0 atom stereocenters. The number of halogens is 1. The first-order valence-corrected chi connectivity index (χ1v) is 12.4. The van der Waals surface area contributed by atoms with Gasteiger partial charge in [0.15, 0.2) is 17.3 Å². The highest BCUT2D eigenvalue weighted by atomic mass is 32.2. The molecule has 2 amide bonds. The van der Waals surface area contributed by atoms with Crippen molar-refractivity contribution < 1.29 is 27.5 Å². The summed E-state index contributed by atoms with van der Waals surface area (Å²) < 4.78 is 42.0. The monoisotopic (exact) mass is 516 g/mol. The number of nitrogens with one attached hydrogen (secondary N) is 1. The SMILES string of the molecule is CN(C)C(=O)c1cc(F)ccc1CNC(=O)c1nc(N2CCCN(C)S2(=O)=O)c2cccnc2c1O. The molecule has 0 bridgehead atoms. The summed E-state index contributed by atoms with van der Waals surface area (Å²) in [6.07, 6.45) is 1.94. The number of hydrogen-bond donors (Lipinski definition) is 2. The fourth-order valence-corrected chi connectivity index (χ4v) is 5.32. The number of benzene rings is 1. The molecule has 0 saturated carbocycles. The van der Waals surface area contributed by atoms with Gasteiger partial charge >= 0.3 is 10.2 Å². The molecule has 0 aliphatic carbocycles.